The zero-order valence-electron chi connectivity index (χ0n) is 20.0. The van der Waals surface area contributed by atoms with Crippen LogP contribution < -0.4 is 9.47 Å². The van der Waals surface area contributed by atoms with E-state index in [0.29, 0.717) is 29.0 Å². The first kappa shape index (κ1) is 23.4. The van der Waals surface area contributed by atoms with E-state index in [1.807, 2.05) is 18.2 Å². The minimum Gasteiger partial charge on any atom is -0.493 e. The predicted octanol–water partition coefficient (Wildman–Crippen LogP) is 3.47. The average molecular weight is 480 g/mol. The van der Waals surface area contributed by atoms with Gasteiger partial charge in [0.05, 0.1) is 14.2 Å². The largest absolute Gasteiger partial charge is 0.493 e. The molecule has 0 amide bonds. The van der Waals surface area contributed by atoms with Gasteiger partial charge in [0.1, 0.15) is 6.42 Å². The first-order valence-corrected chi connectivity index (χ1v) is 11.9. The summed E-state index contributed by atoms with van der Waals surface area (Å²) in [6, 6.07) is 13.5. The first-order chi connectivity index (χ1) is 16.9. The number of Topliss-reactive ketones (excluding diaryl/α,β-unsaturated/α-hetero) is 1. The van der Waals surface area contributed by atoms with Crippen LogP contribution in [0.5, 0.6) is 11.5 Å². The smallest absolute Gasteiger partial charge is 0.318 e. The molecule has 0 radical (unpaired) electrons. The molecule has 2 atom stereocenters. The predicted molar refractivity (Wildman–Crippen MR) is 125 cm³/mol. The van der Waals surface area contributed by atoms with E-state index in [-0.39, 0.29) is 11.7 Å². The molecule has 0 saturated carbocycles. The summed E-state index contributed by atoms with van der Waals surface area (Å²) in [6.07, 6.45) is 0.482. The van der Waals surface area contributed by atoms with Gasteiger partial charge in [0.2, 0.25) is 11.4 Å². The van der Waals surface area contributed by atoms with Crippen LogP contribution in [0, 0.1) is 5.92 Å². The van der Waals surface area contributed by atoms with E-state index >= 15 is 0 Å². The van der Waals surface area contributed by atoms with E-state index in [2.05, 4.69) is 17.0 Å². The Morgan fingerprint density at radius 2 is 1.66 bits per heavy atom. The lowest BCUT2D eigenvalue weighted by Crippen LogP contribution is -2.47. The Balaban J connectivity index is 1.41. The molecular weight excluding hydrogens is 450 g/mol. The van der Waals surface area contributed by atoms with Crippen LogP contribution in [0.1, 0.15) is 53.3 Å². The molecular formula is C27H29NO7. The molecule has 2 aromatic rings. The van der Waals surface area contributed by atoms with Gasteiger partial charge in [-0.05, 0) is 49.5 Å². The van der Waals surface area contributed by atoms with Crippen molar-refractivity contribution in [2.45, 2.75) is 43.9 Å². The van der Waals surface area contributed by atoms with Crippen molar-refractivity contribution in [2.75, 3.05) is 27.3 Å². The molecule has 0 spiro atoms. The molecule has 2 heterocycles. The van der Waals surface area contributed by atoms with Crippen molar-refractivity contribution in [1.82, 2.24) is 4.90 Å². The van der Waals surface area contributed by atoms with Gasteiger partial charge in [0.15, 0.2) is 17.6 Å². The van der Waals surface area contributed by atoms with E-state index in [1.165, 1.54) is 19.8 Å². The quantitative estimate of drug-likeness (QED) is 0.460. The van der Waals surface area contributed by atoms with Crippen LogP contribution in [0.2, 0.25) is 0 Å². The Labute approximate surface area is 204 Å². The summed E-state index contributed by atoms with van der Waals surface area (Å²) < 4.78 is 22.3. The maximum absolute atomic E-state index is 13.8. The number of fused-ring (bicyclic) bond motifs is 3. The second-order valence-corrected chi connectivity index (χ2v) is 9.44. The van der Waals surface area contributed by atoms with Crippen LogP contribution in [0.15, 0.2) is 42.5 Å². The van der Waals surface area contributed by atoms with Gasteiger partial charge in [-0.25, -0.2) is 0 Å². The van der Waals surface area contributed by atoms with Gasteiger partial charge in [0, 0.05) is 24.1 Å². The number of likely N-dealkylation sites (tertiary alicyclic amines) is 1. The minimum atomic E-state index is -1.57. The number of nitrogens with zero attached hydrogens (tertiary/aromatic N) is 1. The SMILES string of the molecule is COc1cc2c(cc1OC)C1OC(=O)CC(=O)OC1(CC1CCN(Cc3ccccc3)CC1)C2=O. The van der Waals surface area contributed by atoms with Crippen molar-refractivity contribution in [3.63, 3.8) is 0 Å². The van der Waals surface area contributed by atoms with Gasteiger partial charge >= 0.3 is 11.9 Å². The summed E-state index contributed by atoms with van der Waals surface area (Å²) >= 11 is 0. The van der Waals surface area contributed by atoms with Crippen LogP contribution >= 0.6 is 0 Å². The van der Waals surface area contributed by atoms with Crippen molar-refractivity contribution in [3.05, 3.63) is 59.2 Å². The highest BCUT2D eigenvalue weighted by molar-refractivity contribution is 6.10. The maximum atomic E-state index is 13.8. The Morgan fingerprint density at radius 3 is 2.34 bits per heavy atom. The zero-order chi connectivity index (χ0) is 24.6. The number of carbonyl (C=O) groups is 3. The van der Waals surface area contributed by atoms with Gasteiger partial charge in [-0.2, -0.15) is 0 Å². The summed E-state index contributed by atoms with van der Waals surface area (Å²) in [7, 11) is 2.98. The Kier molecular flexibility index (Phi) is 6.23. The third-order valence-corrected chi connectivity index (χ3v) is 7.27. The van der Waals surface area contributed by atoms with E-state index in [4.69, 9.17) is 18.9 Å². The Morgan fingerprint density at radius 1 is 0.971 bits per heavy atom. The fourth-order valence-corrected chi connectivity index (χ4v) is 5.56. The lowest BCUT2D eigenvalue weighted by molar-refractivity contribution is -0.164. The van der Waals surface area contributed by atoms with Crippen molar-refractivity contribution in [2.24, 2.45) is 5.92 Å². The topological polar surface area (TPSA) is 91.4 Å². The molecule has 2 unspecified atom stereocenters. The third kappa shape index (κ3) is 4.27. The maximum Gasteiger partial charge on any atom is 0.318 e. The Bertz CT molecular complexity index is 1140. The monoisotopic (exact) mass is 479 g/mol. The number of methoxy groups -OCH3 is 2. The molecule has 2 fully saturated rings. The molecule has 3 aliphatic rings. The molecule has 5 rings (SSSR count). The number of carbonyl (C=O) groups excluding carboxylic acids is 3. The molecule has 35 heavy (non-hydrogen) atoms. The fourth-order valence-electron chi connectivity index (χ4n) is 5.56. The lowest BCUT2D eigenvalue weighted by Gasteiger charge is -2.38. The van der Waals surface area contributed by atoms with Crippen molar-refractivity contribution in [3.8, 4) is 11.5 Å². The molecule has 2 aromatic carbocycles. The second-order valence-electron chi connectivity index (χ2n) is 9.44. The minimum absolute atomic E-state index is 0.135. The molecule has 1 aliphatic carbocycles. The number of ether oxygens (including phenoxy) is 4. The van der Waals surface area contributed by atoms with Crippen molar-refractivity contribution >= 4 is 17.7 Å². The van der Waals surface area contributed by atoms with Crippen LogP contribution in [0.25, 0.3) is 0 Å². The molecule has 8 nitrogen and oxygen atoms in total. The molecule has 0 bridgehead atoms. The van der Waals surface area contributed by atoms with Gasteiger partial charge in [-0.3, -0.25) is 19.3 Å². The molecule has 2 saturated heterocycles. The van der Waals surface area contributed by atoms with Gasteiger partial charge in [-0.15, -0.1) is 0 Å². The average Bonchev–Trinajstić information content (AvgIpc) is 2.97. The number of hydrogen-bond acceptors (Lipinski definition) is 8. The summed E-state index contributed by atoms with van der Waals surface area (Å²) in [5.41, 5.74) is 0.502. The zero-order valence-corrected chi connectivity index (χ0v) is 20.0. The molecule has 0 N–H and O–H groups in total. The van der Waals surface area contributed by atoms with Crippen LogP contribution in [0.3, 0.4) is 0 Å². The number of ketones is 1. The molecule has 0 aromatic heterocycles. The number of piperidine rings is 1. The summed E-state index contributed by atoms with van der Waals surface area (Å²) in [5.74, 6) is -0.854. The van der Waals surface area contributed by atoms with E-state index < -0.39 is 30.1 Å². The van der Waals surface area contributed by atoms with Crippen LogP contribution in [-0.2, 0) is 25.6 Å². The van der Waals surface area contributed by atoms with Crippen molar-refractivity contribution in [1.29, 1.82) is 0 Å². The van der Waals surface area contributed by atoms with Crippen LogP contribution in [0.4, 0.5) is 0 Å². The van der Waals surface area contributed by atoms with E-state index in [0.717, 1.165) is 32.5 Å². The number of benzene rings is 2. The van der Waals surface area contributed by atoms with E-state index in [9.17, 15) is 14.4 Å². The normalized spacial score (nSPS) is 24.7. The van der Waals surface area contributed by atoms with Gasteiger partial charge in [-0.1, -0.05) is 30.3 Å². The summed E-state index contributed by atoms with van der Waals surface area (Å²) in [6.45, 7) is 2.62. The highest BCUT2D eigenvalue weighted by Crippen LogP contribution is 2.52. The molecule has 8 heteroatoms. The highest BCUT2D eigenvalue weighted by Gasteiger charge is 2.61. The van der Waals surface area contributed by atoms with Gasteiger partial charge in [0.25, 0.3) is 0 Å². The van der Waals surface area contributed by atoms with Crippen LogP contribution in [-0.4, -0.2) is 55.5 Å². The Hall–Kier alpha value is -3.39. The molecule has 184 valence electrons. The van der Waals surface area contributed by atoms with E-state index in [1.54, 1.807) is 12.1 Å². The first-order valence-electron chi connectivity index (χ1n) is 11.9. The third-order valence-electron chi connectivity index (χ3n) is 7.27. The summed E-state index contributed by atoms with van der Waals surface area (Å²) in [5, 5.41) is 0. The number of rotatable bonds is 6. The summed E-state index contributed by atoms with van der Waals surface area (Å²) in [4.78, 5) is 41.2. The fraction of sp³-hybridized carbons (Fsp3) is 0.444. The lowest BCUT2D eigenvalue weighted by atomic mass is 9.80. The highest BCUT2D eigenvalue weighted by atomic mass is 16.6. The van der Waals surface area contributed by atoms with Gasteiger partial charge < -0.3 is 18.9 Å². The number of esters is 2. The number of hydrogen-bond donors (Lipinski definition) is 0. The standard InChI is InChI=1S/C27H29NO7/c1-32-21-12-19-20(13-22(21)33-2)26-27(25(19)31,35-24(30)14-23(29)34-26)15-17-8-10-28(11-9-17)16-18-6-4-3-5-7-18/h3-7,12-13,17,26H,8-11,14-16H2,1-2H3. The molecule has 2 aliphatic heterocycles. The van der Waals surface area contributed by atoms with Crippen molar-refractivity contribution < 1.29 is 33.3 Å². The second kappa shape index (κ2) is 9.34.